The minimum Gasteiger partial charge on any atom is -0.508 e. The quantitative estimate of drug-likeness (QED) is 0.839. The van der Waals surface area contributed by atoms with Crippen molar-refractivity contribution >= 4 is 11.9 Å². The Morgan fingerprint density at radius 3 is 2.35 bits per heavy atom. The van der Waals surface area contributed by atoms with Crippen LogP contribution in [0.5, 0.6) is 5.75 Å². The Hall–Kier alpha value is -2.82. The fraction of sp³-hybridized carbons (Fsp3) is 0.0667. The number of methoxy groups -OCH3 is 1. The molecule has 0 saturated heterocycles. The van der Waals surface area contributed by atoms with Crippen LogP contribution >= 0.6 is 0 Å². The van der Waals surface area contributed by atoms with Crippen LogP contribution in [0.3, 0.4) is 0 Å². The number of carbonyl (C=O) groups excluding carboxylic acids is 1. The van der Waals surface area contributed by atoms with Gasteiger partial charge >= 0.3 is 11.9 Å². The van der Waals surface area contributed by atoms with Gasteiger partial charge in [0, 0.05) is 0 Å². The van der Waals surface area contributed by atoms with E-state index in [-0.39, 0.29) is 11.3 Å². The molecule has 0 saturated carbocycles. The molecule has 0 bridgehead atoms. The second-order valence-corrected chi connectivity index (χ2v) is 4.15. The molecule has 5 heteroatoms. The molecule has 0 heterocycles. The number of carbonyl (C=O) groups is 2. The van der Waals surface area contributed by atoms with Crippen LogP contribution in [0.1, 0.15) is 20.7 Å². The highest BCUT2D eigenvalue weighted by molar-refractivity contribution is 5.92. The Bertz CT molecular complexity index is 676. The van der Waals surface area contributed by atoms with E-state index in [9.17, 15) is 14.7 Å². The molecule has 0 unspecified atom stereocenters. The molecule has 2 N–H and O–H groups in total. The van der Waals surface area contributed by atoms with Crippen LogP contribution in [0.15, 0.2) is 42.5 Å². The second-order valence-electron chi connectivity index (χ2n) is 4.15. The maximum atomic E-state index is 11.5. The first kappa shape index (κ1) is 13.6. The zero-order valence-electron chi connectivity index (χ0n) is 10.7. The zero-order chi connectivity index (χ0) is 14.7. The van der Waals surface area contributed by atoms with Gasteiger partial charge in [0.2, 0.25) is 0 Å². The lowest BCUT2D eigenvalue weighted by Crippen LogP contribution is -2.01. The monoisotopic (exact) mass is 272 g/mol. The van der Waals surface area contributed by atoms with Crippen molar-refractivity contribution < 1.29 is 24.5 Å². The minimum absolute atomic E-state index is 0.0246. The Morgan fingerprint density at radius 2 is 1.70 bits per heavy atom. The van der Waals surface area contributed by atoms with Gasteiger partial charge in [0.05, 0.1) is 18.2 Å². The van der Waals surface area contributed by atoms with E-state index in [1.54, 1.807) is 24.3 Å². The zero-order valence-corrected chi connectivity index (χ0v) is 10.7. The predicted octanol–water partition coefficient (Wildman–Crippen LogP) is 2.54. The highest BCUT2D eigenvalue weighted by Gasteiger charge is 2.10. The number of aromatic hydroxyl groups is 1. The summed E-state index contributed by atoms with van der Waals surface area (Å²) in [6.45, 7) is 0. The number of rotatable bonds is 3. The minimum atomic E-state index is -1.13. The molecule has 0 atom stereocenters. The van der Waals surface area contributed by atoms with E-state index < -0.39 is 11.9 Å². The average molecular weight is 272 g/mol. The van der Waals surface area contributed by atoms with Gasteiger partial charge in [-0.25, -0.2) is 9.59 Å². The van der Waals surface area contributed by atoms with E-state index in [0.717, 1.165) is 6.07 Å². The summed E-state index contributed by atoms with van der Waals surface area (Å²) < 4.78 is 4.63. The summed E-state index contributed by atoms with van der Waals surface area (Å²) in [6.07, 6.45) is 0. The molecule has 2 rings (SSSR count). The first-order valence-corrected chi connectivity index (χ1v) is 5.77. The molecular formula is C15H12O5. The Morgan fingerprint density at radius 1 is 1.00 bits per heavy atom. The molecular weight excluding hydrogens is 260 g/mol. The fourth-order valence-electron chi connectivity index (χ4n) is 1.84. The number of aromatic carboxylic acids is 1. The van der Waals surface area contributed by atoms with Crippen LogP contribution < -0.4 is 0 Å². The van der Waals surface area contributed by atoms with E-state index in [2.05, 4.69) is 4.74 Å². The van der Waals surface area contributed by atoms with Gasteiger partial charge in [0.15, 0.2) is 0 Å². The lowest BCUT2D eigenvalue weighted by atomic mass is 10.0. The lowest BCUT2D eigenvalue weighted by Gasteiger charge is -2.06. The van der Waals surface area contributed by atoms with Gasteiger partial charge < -0.3 is 14.9 Å². The number of hydrogen-bond donors (Lipinski definition) is 2. The van der Waals surface area contributed by atoms with Gasteiger partial charge in [-0.1, -0.05) is 12.1 Å². The smallest absolute Gasteiger partial charge is 0.337 e. The summed E-state index contributed by atoms with van der Waals surface area (Å²) in [5.74, 6) is -1.76. The molecule has 0 aliphatic rings. The van der Waals surface area contributed by atoms with Crippen LogP contribution in [-0.2, 0) is 4.74 Å². The SMILES string of the molecule is COC(=O)c1cccc(-c2cc(O)cc(C(=O)O)c2)c1. The molecule has 20 heavy (non-hydrogen) atoms. The number of phenols is 1. The second kappa shape index (κ2) is 5.44. The van der Waals surface area contributed by atoms with Crippen molar-refractivity contribution in [2.75, 3.05) is 7.11 Å². The number of benzene rings is 2. The summed E-state index contributed by atoms with van der Waals surface area (Å²) in [5.41, 5.74) is 1.45. The normalized spacial score (nSPS) is 10.1. The van der Waals surface area contributed by atoms with Crippen molar-refractivity contribution in [3.8, 4) is 16.9 Å². The summed E-state index contributed by atoms with van der Waals surface area (Å²) in [7, 11) is 1.28. The molecule has 0 aliphatic carbocycles. The first-order valence-electron chi connectivity index (χ1n) is 5.77. The predicted molar refractivity (Wildman–Crippen MR) is 71.8 cm³/mol. The van der Waals surface area contributed by atoms with Gasteiger partial charge in [0.1, 0.15) is 5.75 Å². The van der Waals surface area contributed by atoms with Crippen LogP contribution in [0.4, 0.5) is 0 Å². The molecule has 2 aromatic carbocycles. The highest BCUT2D eigenvalue weighted by Crippen LogP contribution is 2.26. The maximum Gasteiger partial charge on any atom is 0.337 e. The van der Waals surface area contributed by atoms with Crippen molar-refractivity contribution in [1.82, 2.24) is 0 Å². The van der Waals surface area contributed by atoms with Gasteiger partial charge in [-0.3, -0.25) is 0 Å². The average Bonchev–Trinajstić information content (AvgIpc) is 2.45. The number of hydrogen-bond acceptors (Lipinski definition) is 4. The van der Waals surface area contributed by atoms with Crippen molar-refractivity contribution in [2.45, 2.75) is 0 Å². The highest BCUT2D eigenvalue weighted by atomic mass is 16.5. The standard InChI is InChI=1S/C15H12O5/c1-20-15(19)10-4-2-3-9(5-10)11-6-12(14(17)18)8-13(16)7-11/h2-8,16H,1H3,(H,17,18). The van der Waals surface area contributed by atoms with Crippen LogP contribution in [-0.4, -0.2) is 29.3 Å². The van der Waals surface area contributed by atoms with E-state index in [1.165, 1.54) is 19.2 Å². The third-order valence-corrected chi connectivity index (χ3v) is 2.78. The number of carboxylic acids is 1. The maximum absolute atomic E-state index is 11.5. The molecule has 0 amide bonds. The summed E-state index contributed by atoms with van der Waals surface area (Å²) in [5, 5.41) is 18.6. The largest absolute Gasteiger partial charge is 0.508 e. The number of esters is 1. The lowest BCUT2D eigenvalue weighted by molar-refractivity contribution is 0.0600. The topological polar surface area (TPSA) is 83.8 Å². The van der Waals surface area contributed by atoms with Crippen LogP contribution in [0, 0.1) is 0 Å². The molecule has 0 radical (unpaired) electrons. The molecule has 102 valence electrons. The first-order chi connectivity index (χ1) is 9.51. The van der Waals surface area contributed by atoms with E-state index in [0.29, 0.717) is 16.7 Å². The van der Waals surface area contributed by atoms with Gasteiger partial charge in [-0.05, 0) is 41.5 Å². The summed E-state index contributed by atoms with van der Waals surface area (Å²) in [4.78, 5) is 22.4. The van der Waals surface area contributed by atoms with Crippen molar-refractivity contribution in [3.05, 3.63) is 53.6 Å². The van der Waals surface area contributed by atoms with E-state index >= 15 is 0 Å². The third kappa shape index (κ3) is 2.77. The number of ether oxygens (including phenoxy) is 1. The van der Waals surface area contributed by atoms with Crippen molar-refractivity contribution in [3.63, 3.8) is 0 Å². The van der Waals surface area contributed by atoms with Crippen molar-refractivity contribution in [1.29, 1.82) is 0 Å². The van der Waals surface area contributed by atoms with E-state index in [4.69, 9.17) is 5.11 Å². The number of carboxylic acid groups (broad SMARTS) is 1. The molecule has 0 fully saturated rings. The summed E-state index contributed by atoms with van der Waals surface area (Å²) >= 11 is 0. The molecule has 0 aliphatic heterocycles. The molecule has 0 spiro atoms. The van der Waals surface area contributed by atoms with Crippen LogP contribution in [0.2, 0.25) is 0 Å². The Balaban J connectivity index is 2.51. The van der Waals surface area contributed by atoms with E-state index in [1.807, 2.05) is 0 Å². The van der Waals surface area contributed by atoms with Gasteiger partial charge in [-0.15, -0.1) is 0 Å². The summed E-state index contributed by atoms with van der Waals surface area (Å²) in [6, 6.07) is 10.6. The number of phenolic OH excluding ortho intramolecular Hbond substituents is 1. The molecule has 5 nitrogen and oxygen atoms in total. The fourth-order valence-corrected chi connectivity index (χ4v) is 1.84. The van der Waals surface area contributed by atoms with Gasteiger partial charge in [0.25, 0.3) is 0 Å². The van der Waals surface area contributed by atoms with Gasteiger partial charge in [-0.2, -0.15) is 0 Å². The Labute approximate surface area is 115 Å². The third-order valence-electron chi connectivity index (χ3n) is 2.78. The molecule has 2 aromatic rings. The van der Waals surface area contributed by atoms with Crippen molar-refractivity contribution in [2.24, 2.45) is 0 Å². The molecule has 0 aromatic heterocycles. The van der Waals surface area contributed by atoms with Crippen LogP contribution in [0.25, 0.3) is 11.1 Å². The Kier molecular flexibility index (Phi) is 3.70.